The van der Waals surface area contributed by atoms with Crippen LogP contribution < -0.4 is 49.1 Å². The Morgan fingerprint density at radius 1 is 0.806 bits per heavy atom. The summed E-state index contributed by atoms with van der Waals surface area (Å²) in [4.78, 5) is 111. The fourth-order valence-corrected chi connectivity index (χ4v) is 6.90. The first-order valence-corrected chi connectivity index (χ1v) is 20.5. The molecular formula is C43H57N11O8. The minimum atomic E-state index is -1.44. The Labute approximate surface area is 359 Å². The minimum Gasteiger partial charge on any atom is -0.370 e. The maximum absolute atomic E-state index is 14.2. The van der Waals surface area contributed by atoms with E-state index in [1.807, 2.05) is 49.4 Å². The summed E-state index contributed by atoms with van der Waals surface area (Å²) in [5, 5.41) is 17.7. The summed E-state index contributed by atoms with van der Waals surface area (Å²) in [7, 11) is 0. The van der Waals surface area contributed by atoms with Gasteiger partial charge in [-0.15, -0.1) is 0 Å². The topological polar surface area (TPSA) is 302 Å². The number of hydrogen-bond donors (Lipinski definition) is 9. The lowest BCUT2D eigenvalue weighted by Gasteiger charge is -2.30. The standard InChI is InChI=1S/C43H57N11O8/c1-5-6-12-32(50-26(4)55)39(59)49-25(3)38(58)48-22-35-41(61)52-31-17-14-24(2)19-30(31)42(62)54(35)23-36(56)51-33(13-9-18-47-43(45)46)40(60)53-34(37(44)57)21-27-15-16-28-10-7-8-11-29(28)20-27/h7-8,10-11,14-17,19-20,25,32-35H,5-6,9,12-13,18,21-23H2,1-4H3,(H2,44,57)(H,48,58)(H,49,59)(H,50,55)(H,51,56)(H,52,61)(H,53,60)(H4,45,46,47)/t25-,32-,33-,34-,35-/m0/s1. The molecule has 1 heterocycles. The zero-order valence-corrected chi connectivity index (χ0v) is 35.4. The number of aliphatic imine (C=N–C) groups is 1. The number of nitrogens with zero attached hydrogens (tertiary/aromatic N) is 2. The average Bonchev–Trinajstić information content (AvgIpc) is 3.31. The third-order valence-electron chi connectivity index (χ3n) is 10.2. The summed E-state index contributed by atoms with van der Waals surface area (Å²) < 4.78 is 0. The number of carbonyl (C=O) groups is 8. The van der Waals surface area contributed by atoms with E-state index in [0.717, 1.165) is 27.7 Å². The second-order valence-corrected chi connectivity index (χ2v) is 15.3. The first-order valence-electron chi connectivity index (χ1n) is 20.5. The number of guanidine groups is 1. The molecule has 0 saturated carbocycles. The smallest absolute Gasteiger partial charge is 0.257 e. The second kappa shape index (κ2) is 22.5. The number of carbonyl (C=O) groups excluding carboxylic acids is 8. The summed E-state index contributed by atoms with van der Waals surface area (Å²) in [6.07, 6.45) is 2.05. The Hall–Kier alpha value is -7.05. The van der Waals surface area contributed by atoms with Crippen molar-refractivity contribution in [3.05, 3.63) is 77.4 Å². The fraction of sp³-hybridized carbons (Fsp3) is 0.419. The molecule has 19 heteroatoms. The first kappa shape index (κ1) is 47.6. The van der Waals surface area contributed by atoms with Crippen LogP contribution in [0.5, 0.6) is 0 Å². The number of fused-ring (bicyclic) bond motifs is 2. The van der Waals surface area contributed by atoms with Crippen LogP contribution in [-0.2, 0) is 40.0 Å². The molecule has 19 nitrogen and oxygen atoms in total. The number of hydrogen-bond acceptors (Lipinski definition) is 9. The molecule has 62 heavy (non-hydrogen) atoms. The zero-order chi connectivity index (χ0) is 45.5. The van der Waals surface area contributed by atoms with Gasteiger partial charge in [-0.2, -0.15) is 0 Å². The third kappa shape index (κ3) is 13.7. The Balaban J connectivity index is 1.54. The molecule has 0 fully saturated rings. The van der Waals surface area contributed by atoms with Crippen molar-refractivity contribution in [2.24, 2.45) is 22.2 Å². The van der Waals surface area contributed by atoms with Crippen LogP contribution in [-0.4, -0.2) is 108 Å². The van der Waals surface area contributed by atoms with E-state index in [2.05, 4.69) is 36.9 Å². The van der Waals surface area contributed by atoms with E-state index in [4.69, 9.17) is 17.2 Å². The average molecular weight is 856 g/mol. The van der Waals surface area contributed by atoms with Crippen LogP contribution in [0.25, 0.3) is 10.8 Å². The van der Waals surface area contributed by atoms with Crippen LogP contribution in [0, 0.1) is 6.92 Å². The fourth-order valence-electron chi connectivity index (χ4n) is 6.90. The zero-order valence-electron chi connectivity index (χ0n) is 35.4. The molecule has 12 N–H and O–H groups in total. The number of nitrogens with two attached hydrogens (primary N) is 3. The molecule has 3 aromatic carbocycles. The van der Waals surface area contributed by atoms with Gasteiger partial charge in [0.1, 0.15) is 36.8 Å². The molecule has 0 unspecified atom stereocenters. The van der Waals surface area contributed by atoms with Gasteiger partial charge in [-0.1, -0.05) is 73.9 Å². The Morgan fingerprint density at radius 2 is 1.48 bits per heavy atom. The molecule has 0 spiro atoms. The van der Waals surface area contributed by atoms with Gasteiger partial charge in [0.2, 0.25) is 41.4 Å². The normalized spacial score (nSPS) is 15.4. The number of unbranched alkanes of at least 4 members (excludes halogenated alkanes) is 1. The highest BCUT2D eigenvalue weighted by Gasteiger charge is 2.38. The molecule has 332 valence electrons. The van der Waals surface area contributed by atoms with Gasteiger partial charge in [0.05, 0.1) is 11.3 Å². The maximum Gasteiger partial charge on any atom is 0.257 e. The number of amides is 8. The molecule has 0 saturated heterocycles. The number of nitrogens with one attached hydrogen (secondary N) is 6. The molecule has 5 atom stereocenters. The number of primary amides is 1. The molecule has 3 aromatic rings. The molecule has 1 aliphatic rings. The quantitative estimate of drug-likeness (QED) is 0.0392. The largest absolute Gasteiger partial charge is 0.370 e. The monoisotopic (exact) mass is 855 g/mol. The number of benzene rings is 3. The Kier molecular flexibility index (Phi) is 17.3. The SMILES string of the molecule is CCCC[C@H](NC(C)=O)C(=O)N[C@@H](C)C(=O)NC[C@H]1C(=O)Nc2ccc(C)cc2C(=O)N1CC(=O)N[C@@H](CCCN=C(N)N)C(=O)N[C@@H](Cc1ccc2ccccc2c1)C(N)=O. The molecular weight excluding hydrogens is 799 g/mol. The highest BCUT2D eigenvalue weighted by atomic mass is 16.2. The summed E-state index contributed by atoms with van der Waals surface area (Å²) in [6.45, 7) is 5.27. The van der Waals surface area contributed by atoms with Crippen LogP contribution in [0.4, 0.5) is 5.69 Å². The van der Waals surface area contributed by atoms with Crippen LogP contribution in [0.15, 0.2) is 65.7 Å². The minimum absolute atomic E-state index is 0.00337. The first-order chi connectivity index (χ1) is 29.5. The van der Waals surface area contributed by atoms with E-state index >= 15 is 0 Å². The summed E-state index contributed by atoms with van der Waals surface area (Å²) >= 11 is 0. The lowest BCUT2D eigenvalue weighted by atomic mass is 10.0. The molecule has 8 amide bonds. The molecule has 1 aliphatic heterocycles. The van der Waals surface area contributed by atoms with E-state index in [1.165, 1.54) is 13.8 Å². The van der Waals surface area contributed by atoms with Gasteiger partial charge in [-0.25, -0.2) is 0 Å². The molecule has 0 radical (unpaired) electrons. The van der Waals surface area contributed by atoms with Gasteiger partial charge >= 0.3 is 0 Å². The van der Waals surface area contributed by atoms with Crippen LogP contribution >= 0.6 is 0 Å². The third-order valence-corrected chi connectivity index (χ3v) is 10.2. The molecule has 0 aromatic heterocycles. The molecule has 4 rings (SSSR count). The molecule has 0 aliphatic carbocycles. The van der Waals surface area contributed by atoms with Gasteiger partial charge in [0.25, 0.3) is 5.91 Å². The van der Waals surface area contributed by atoms with Gasteiger partial charge < -0.3 is 54.0 Å². The van der Waals surface area contributed by atoms with Crippen LogP contribution in [0.1, 0.15) is 74.4 Å². The summed E-state index contributed by atoms with van der Waals surface area (Å²) in [5.74, 6) is -5.71. The number of aryl methyl sites for hydroxylation is 1. The predicted octanol–water partition coefficient (Wildman–Crippen LogP) is -0.0219. The maximum atomic E-state index is 14.2. The van der Waals surface area contributed by atoms with E-state index in [-0.39, 0.29) is 43.0 Å². The van der Waals surface area contributed by atoms with Gasteiger partial charge in [0.15, 0.2) is 5.96 Å². The van der Waals surface area contributed by atoms with Crippen LogP contribution in [0.3, 0.4) is 0 Å². The summed E-state index contributed by atoms with van der Waals surface area (Å²) in [6, 6.07) is 12.1. The van der Waals surface area contributed by atoms with E-state index in [9.17, 15) is 38.4 Å². The van der Waals surface area contributed by atoms with Crippen molar-refractivity contribution in [3.63, 3.8) is 0 Å². The highest BCUT2D eigenvalue weighted by Crippen LogP contribution is 2.25. The van der Waals surface area contributed by atoms with Crippen molar-refractivity contribution in [2.45, 2.75) is 96.4 Å². The van der Waals surface area contributed by atoms with E-state index < -0.39 is 90.6 Å². The van der Waals surface area contributed by atoms with Gasteiger partial charge in [0, 0.05) is 26.4 Å². The number of rotatable bonds is 21. The van der Waals surface area contributed by atoms with Gasteiger partial charge in [-0.05, 0) is 61.6 Å². The van der Waals surface area contributed by atoms with Crippen LogP contribution in [0.2, 0.25) is 0 Å². The highest BCUT2D eigenvalue weighted by molar-refractivity contribution is 6.11. The van der Waals surface area contributed by atoms with Crippen molar-refractivity contribution in [2.75, 3.05) is 25.0 Å². The number of anilines is 1. The van der Waals surface area contributed by atoms with Crippen molar-refractivity contribution in [3.8, 4) is 0 Å². The summed E-state index contributed by atoms with van der Waals surface area (Å²) in [5.41, 5.74) is 18.4. The Morgan fingerprint density at radius 3 is 2.16 bits per heavy atom. The van der Waals surface area contributed by atoms with E-state index in [0.29, 0.717) is 18.4 Å². The Bertz CT molecular complexity index is 2190. The van der Waals surface area contributed by atoms with Crippen molar-refractivity contribution >= 4 is 69.7 Å². The lowest BCUT2D eigenvalue weighted by molar-refractivity contribution is -0.132. The van der Waals surface area contributed by atoms with E-state index in [1.54, 1.807) is 25.1 Å². The van der Waals surface area contributed by atoms with Gasteiger partial charge in [-0.3, -0.25) is 43.3 Å². The predicted molar refractivity (Wildman–Crippen MR) is 233 cm³/mol. The van der Waals surface area contributed by atoms with Crippen molar-refractivity contribution in [1.29, 1.82) is 0 Å². The lowest BCUT2D eigenvalue weighted by Crippen LogP contribution is -2.58. The van der Waals surface area contributed by atoms with Crippen molar-refractivity contribution in [1.82, 2.24) is 31.5 Å². The molecule has 0 bridgehead atoms. The van der Waals surface area contributed by atoms with Crippen molar-refractivity contribution < 1.29 is 38.4 Å². The second-order valence-electron chi connectivity index (χ2n) is 15.3.